The lowest BCUT2D eigenvalue weighted by Gasteiger charge is -2.30. The summed E-state index contributed by atoms with van der Waals surface area (Å²) >= 11 is 0. The van der Waals surface area contributed by atoms with Crippen LogP contribution in [0.3, 0.4) is 0 Å². The smallest absolute Gasteiger partial charge is 0.239 e. The average Bonchev–Trinajstić information content (AvgIpc) is 3.10. The molecule has 0 aliphatic carbocycles. The first-order valence-corrected chi connectivity index (χ1v) is 9.42. The number of carbonyl (C=O) groups is 3. The zero-order valence-corrected chi connectivity index (χ0v) is 15.7. The second-order valence-electron chi connectivity index (χ2n) is 9.12. The van der Waals surface area contributed by atoms with Crippen LogP contribution in [0.1, 0.15) is 27.2 Å². The summed E-state index contributed by atoms with van der Waals surface area (Å²) in [5.41, 5.74) is -0.698. The van der Waals surface area contributed by atoms with Gasteiger partial charge < -0.3 is 19.9 Å². The van der Waals surface area contributed by atoms with Crippen LogP contribution < -0.4 is 5.32 Å². The minimum absolute atomic E-state index is 0.00407. The summed E-state index contributed by atoms with van der Waals surface area (Å²) in [5, 5.41) is 2.79. The van der Waals surface area contributed by atoms with Crippen molar-refractivity contribution in [3.05, 3.63) is 12.2 Å². The maximum atomic E-state index is 13.2. The molecule has 1 N–H and O–H groups in total. The van der Waals surface area contributed by atoms with E-state index in [1.807, 2.05) is 17.1 Å². The van der Waals surface area contributed by atoms with Gasteiger partial charge in [-0.15, -0.1) is 0 Å². The van der Waals surface area contributed by atoms with Gasteiger partial charge in [-0.3, -0.25) is 14.4 Å². The standard InChI is InChI=1S/C19H27N3O4/c1-18(2,3)10-22-11-19-6-5-12(26-19)14(15(19)17(22)25)16(24)21-8-4-7-20-13(23)9-21/h5-6,12,14-15H,4,7-11H2,1-3H3,(H,20,23)/t12-,14-,15-,19-/m0/s1. The predicted octanol–water partition coefficient (Wildman–Crippen LogP) is 0.163. The van der Waals surface area contributed by atoms with Crippen LogP contribution in [0.4, 0.5) is 0 Å². The van der Waals surface area contributed by atoms with Crippen LogP contribution in [0.15, 0.2) is 12.2 Å². The Hall–Kier alpha value is -1.89. The lowest BCUT2D eigenvalue weighted by Crippen LogP contribution is -2.48. The second kappa shape index (κ2) is 5.81. The molecule has 0 radical (unpaired) electrons. The molecule has 4 atom stereocenters. The number of hydrogen-bond donors (Lipinski definition) is 1. The van der Waals surface area contributed by atoms with Gasteiger partial charge in [0.05, 0.1) is 31.0 Å². The summed E-state index contributed by atoms with van der Waals surface area (Å²) in [6.07, 6.45) is 4.26. The molecule has 0 aromatic rings. The molecule has 26 heavy (non-hydrogen) atoms. The molecule has 142 valence electrons. The molecule has 7 nitrogen and oxygen atoms in total. The van der Waals surface area contributed by atoms with Crippen molar-refractivity contribution >= 4 is 17.7 Å². The molecule has 3 saturated heterocycles. The van der Waals surface area contributed by atoms with Gasteiger partial charge in [0, 0.05) is 19.6 Å². The molecule has 3 fully saturated rings. The van der Waals surface area contributed by atoms with E-state index in [1.54, 1.807) is 4.90 Å². The number of carbonyl (C=O) groups excluding carboxylic acids is 3. The molecule has 0 saturated carbocycles. The molecule has 4 aliphatic rings. The summed E-state index contributed by atoms with van der Waals surface area (Å²) < 4.78 is 6.16. The minimum Gasteiger partial charge on any atom is -0.360 e. The summed E-state index contributed by atoms with van der Waals surface area (Å²) in [6.45, 7) is 8.61. The van der Waals surface area contributed by atoms with E-state index in [4.69, 9.17) is 4.74 Å². The minimum atomic E-state index is -0.679. The molecule has 0 unspecified atom stereocenters. The highest BCUT2D eigenvalue weighted by Gasteiger charge is 2.67. The fourth-order valence-corrected chi connectivity index (χ4v) is 4.77. The monoisotopic (exact) mass is 361 g/mol. The van der Waals surface area contributed by atoms with Gasteiger partial charge in [0.25, 0.3) is 0 Å². The van der Waals surface area contributed by atoms with Crippen molar-refractivity contribution in [2.24, 2.45) is 17.3 Å². The Balaban J connectivity index is 1.58. The molecule has 4 heterocycles. The Labute approximate surface area is 153 Å². The Morgan fingerprint density at radius 1 is 1.38 bits per heavy atom. The van der Waals surface area contributed by atoms with Crippen molar-refractivity contribution in [3.63, 3.8) is 0 Å². The summed E-state index contributed by atoms with van der Waals surface area (Å²) in [4.78, 5) is 41.6. The van der Waals surface area contributed by atoms with Gasteiger partial charge in [0.2, 0.25) is 17.7 Å². The maximum Gasteiger partial charge on any atom is 0.239 e. The number of likely N-dealkylation sites (tertiary alicyclic amines) is 1. The summed E-state index contributed by atoms with van der Waals surface area (Å²) in [7, 11) is 0. The van der Waals surface area contributed by atoms with E-state index in [0.717, 1.165) is 6.42 Å². The van der Waals surface area contributed by atoms with Crippen molar-refractivity contribution < 1.29 is 19.1 Å². The third kappa shape index (κ3) is 2.73. The summed E-state index contributed by atoms with van der Waals surface area (Å²) in [5.74, 6) is -1.27. The fourth-order valence-electron chi connectivity index (χ4n) is 4.77. The second-order valence-corrected chi connectivity index (χ2v) is 9.12. The number of hydrogen-bond acceptors (Lipinski definition) is 4. The van der Waals surface area contributed by atoms with Crippen LogP contribution in [-0.4, -0.2) is 72.0 Å². The van der Waals surface area contributed by atoms with E-state index in [1.165, 1.54) is 0 Å². The van der Waals surface area contributed by atoms with Crippen LogP contribution in [0, 0.1) is 17.3 Å². The normalized spacial score (nSPS) is 36.3. The van der Waals surface area contributed by atoms with Crippen molar-refractivity contribution in [1.29, 1.82) is 0 Å². The number of amides is 3. The van der Waals surface area contributed by atoms with Crippen molar-refractivity contribution in [2.45, 2.75) is 38.9 Å². The molecule has 4 aliphatic heterocycles. The van der Waals surface area contributed by atoms with Gasteiger partial charge in [-0.1, -0.05) is 32.9 Å². The predicted molar refractivity (Wildman–Crippen MR) is 94.0 cm³/mol. The van der Waals surface area contributed by atoms with Crippen LogP contribution in [0.5, 0.6) is 0 Å². The van der Waals surface area contributed by atoms with E-state index in [2.05, 4.69) is 26.1 Å². The van der Waals surface area contributed by atoms with Gasteiger partial charge in [0.15, 0.2) is 0 Å². The molecular formula is C19H27N3O4. The molecule has 0 aromatic heterocycles. The van der Waals surface area contributed by atoms with E-state index < -0.39 is 17.4 Å². The average molecular weight is 361 g/mol. The zero-order valence-electron chi connectivity index (χ0n) is 15.7. The fraction of sp³-hybridized carbons (Fsp3) is 0.737. The molecule has 1 spiro atoms. The Morgan fingerprint density at radius 2 is 2.15 bits per heavy atom. The number of nitrogens with one attached hydrogen (secondary N) is 1. The van der Waals surface area contributed by atoms with Crippen LogP contribution in [0.25, 0.3) is 0 Å². The first kappa shape index (κ1) is 17.5. The van der Waals surface area contributed by atoms with E-state index in [0.29, 0.717) is 26.2 Å². The highest BCUT2D eigenvalue weighted by atomic mass is 16.5. The Kier molecular flexibility index (Phi) is 3.91. The van der Waals surface area contributed by atoms with E-state index in [-0.39, 0.29) is 35.8 Å². The van der Waals surface area contributed by atoms with Crippen molar-refractivity contribution in [3.8, 4) is 0 Å². The third-order valence-electron chi connectivity index (χ3n) is 5.70. The maximum absolute atomic E-state index is 13.2. The third-order valence-corrected chi connectivity index (χ3v) is 5.70. The molecule has 7 heteroatoms. The lowest BCUT2D eigenvalue weighted by molar-refractivity contribution is -0.144. The molecule has 4 rings (SSSR count). The van der Waals surface area contributed by atoms with Crippen LogP contribution in [0.2, 0.25) is 0 Å². The van der Waals surface area contributed by atoms with Gasteiger partial charge in [-0.25, -0.2) is 0 Å². The lowest BCUT2D eigenvalue weighted by atomic mass is 9.76. The first-order chi connectivity index (χ1) is 12.2. The Morgan fingerprint density at radius 3 is 2.88 bits per heavy atom. The number of fused-ring (bicyclic) bond motifs is 1. The van der Waals surface area contributed by atoms with E-state index in [9.17, 15) is 14.4 Å². The van der Waals surface area contributed by atoms with Crippen LogP contribution >= 0.6 is 0 Å². The highest BCUT2D eigenvalue weighted by molar-refractivity contribution is 5.94. The largest absolute Gasteiger partial charge is 0.360 e. The number of ether oxygens (including phenoxy) is 1. The highest BCUT2D eigenvalue weighted by Crippen LogP contribution is 2.52. The SMILES string of the molecule is CC(C)(C)CN1C[C@]23C=C[C@H](O2)[C@H](C(=O)N2CCCNC(=O)C2)[C@H]3C1=O. The van der Waals surface area contributed by atoms with E-state index >= 15 is 0 Å². The number of nitrogens with zero attached hydrogens (tertiary/aromatic N) is 2. The Bertz CT molecular complexity index is 683. The topological polar surface area (TPSA) is 79.0 Å². The zero-order chi connectivity index (χ0) is 18.7. The molecule has 3 amide bonds. The van der Waals surface area contributed by atoms with Gasteiger partial charge in [-0.05, 0) is 11.8 Å². The molecule has 0 aromatic carbocycles. The van der Waals surface area contributed by atoms with Crippen molar-refractivity contribution in [2.75, 3.05) is 32.7 Å². The molecular weight excluding hydrogens is 334 g/mol. The van der Waals surface area contributed by atoms with Crippen LogP contribution in [-0.2, 0) is 19.1 Å². The number of rotatable bonds is 2. The van der Waals surface area contributed by atoms with Gasteiger partial charge >= 0.3 is 0 Å². The van der Waals surface area contributed by atoms with Gasteiger partial charge in [0.1, 0.15) is 5.60 Å². The quantitative estimate of drug-likeness (QED) is 0.711. The van der Waals surface area contributed by atoms with Crippen molar-refractivity contribution in [1.82, 2.24) is 15.1 Å². The first-order valence-electron chi connectivity index (χ1n) is 9.42. The van der Waals surface area contributed by atoms with Gasteiger partial charge in [-0.2, -0.15) is 0 Å². The summed E-state index contributed by atoms with van der Waals surface area (Å²) in [6, 6.07) is 0. The molecule has 2 bridgehead atoms.